The number of rotatable bonds is 4. The Morgan fingerprint density at radius 2 is 1.96 bits per heavy atom. The van der Waals surface area contributed by atoms with Crippen molar-refractivity contribution in [3.63, 3.8) is 0 Å². The number of carbonyl (C=O) groups is 1. The second kappa shape index (κ2) is 7.23. The van der Waals surface area contributed by atoms with Crippen LogP contribution in [0, 0.1) is 5.92 Å². The van der Waals surface area contributed by atoms with Crippen LogP contribution in [0.1, 0.15) is 60.9 Å². The number of hydrogen-bond donors (Lipinski definition) is 0. The van der Waals surface area contributed by atoms with Gasteiger partial charge in [0.25, 0.3) is 0 Å². The van der Waals surface area contributed by atoms with Gasteiger partial charge in [0.15, 0.2) is 5.78 Å². The van der Waals surface area contributed by atoms with E-state index in [1.54, 1.807) is 0 Å². The van der Waals surface area contributed by atoms with Crippen molar-refractivity contribution in [3.8, 4) is 0 Å². The van der Waals surface area contributed by atoms with Gasteiger partial charge in [0, 0.05) is 22.9 Å². The van der Waals surface area contributed by atoms with E-state index in [0.717, 1.165) is 22.6 Å². The number of alkyl halides is 1. The number of allylic oxidation sites excluding steroid dienone is 4. The van der Waals surface area contributed by atoms with E-state index in [-0.39, 0.29) is 11.2 Å². The van der Waals surface area contributed by atoms with Crippen LogP contribution in [0.2, 0.25) is 0 Å². The quantitative estimate of drug-likeness (QED) is 0.466. The van der Waals surface area contributed by atoms with Gasteiger partial charge < -0.3 is 0 Å². The molecule has 0 aromatic heterocycles. The topological polar surface area (TPSA) is 17.1 Å². The molecule has 3 heteroatoms. The van der Waals surface area contributed by atoms with Crippen LogP contribution in [0.25, 0.3) is 0 Å². The van der Waals surface area contributed by atoms with Crippen molar-refractivity contribution in [2.75, 3.05) is 0 Å². The lowest BCUT2D eigenvalue weighted by molar-refractivity contribution is 0.0969. The van der Waals surface area contributed by atoms with E-state index < -0.39 is 0 Å². The lowest BCUT2D eigenvalue weighted by Gasteiger charge is -2.29. The molecule has 2 aliphatic rings. The molecule has 0 amide bonds. The van der Waals surface area contributed by atoms with Gasteiger partial charge in [-0.1, -0.05) is 53.9 Å². The Morgan fingerprint density at radius 1 is 1.22 bits per heavy atom. The van der Waals surface area contributed by atoms with Crippen LogP contribution in [0.15, 0.2) is 47.0 Å². The van der Waals surface area contributed by atoms with E-state index >= 15 is 0 Å². The summed E-state index contributed by atoms with van der Waals surface area (Å²) in [6.45, 7) is 2.12. The molecule has 0 aliphatic heterocycles. The summed E-state index contributed by atoms with van der Waals surface area (Å²) < 4.78 is 0. The number of benzene rings is 1. The van der Waals surface area contributed by atoms with Crippen molar-refractivity contribution in [2.24, 2.45) is 5.92 Å². The van der Waals surface area contributed by atoms with E-state index in [4.69, 9.17) is 23.2 Å². The average molecular weight is 349 g/mol. The molecular weight excluding hydrogens is 327 g/mol. The lowest BCUT2D eigenvalue weighted by Crippen LogP contribution is -2.22. The van der Waals surface area contributed by atoms with Crippen LogP contribution in [0.5, 0.6) is 0 Å². The Hall–Kier alpha value is -1.05. The third kappa shape index (κ3) is 3.56. The second-order valence-electron chi connectivity index (χ2n) is 6.66. The van der Waals surface area contributed by atoms with Gasteiger partial charge in [-0.15, -0.1) is 11.6 Å². The predicted octanol–water partition coefficient (Wildman–Crippen LogP) is 6.22. The van der Waals surface area contributed by atoms with Crippen LogP contribution in [-0.4, -0.2) is 11.2 Å². The molecule has 0 bridgehead atoms. The first-order valence-electron chi connectivity index (χ1n) is 8.38. The van der Waals surface area contributed by atoms with Gasteiger partial charge in [0.2, 0.25) is 0 Å². The third-order valence-corrected chi connectivity index (χ3v) is 6.24. The van der Waals surface area contributed by atoms with Crippen molar-refractivity contribution >= 4 is 29.0 Å². The molecule has 0 N–H and O–H groups in total. The molecule has 3 rings (SSSR count). The van der Waals surface area contributed by atoms with Gasteiger partial charge in [0.1, 0.15) is 0 Å². The zero-order chi connectivity index (χ0) is 16.4. The molecule has 2 unspecified atom stereocenters. The van der Waals surface area contributed by atoms with E-state index in [1.165, 1.54) is 24.8 Å². The minimum atomic E-state index is -0.0605. The van der Waals surface area contributed by atoms with Gasteiger partial charge in [-0.25, -0.2) is 0 Å². The fourth-order valence-electron chi connectivity index (χ4n) is 3.47. The largest absolute Gasteiger partial charge is 0.294 e. The minimum Gasteiger partial charge on any atom is -0.294 e. The molecule has 1 aromatic rings. The van der Waals surface area contributed by atoms with Crippen molar-refractivity contribution in [2.45, 2.75) is 50.3 Å². The summed E-state index contributed by atoms with van der Waals surface area (Å²) in [4.78, 5) is 12.1. The molecule has 0 saturated heterocycles. The van der Waals surface area contributed by atoms with Crippen LogP contribution in [0.4, 0.5) is 0 Å². The van der Waals surface area contributed by atoms with Crippen LogP contribution < -0.4 is 0 Å². The zero-order valence-electron chi connectivity index (χ0n) is 13.4. The molecule has 2 aliphatic carbocycles. The molecule has 0 heterocycles. The maximum absolute atomic E-state index is 12.1. The first-order valence-corrected chi connectivity index (χ1v) is 9.19. The van der Waals surface area contributed by atoms with Gasteiger partial charge in [-0.05, 0) is 43.7 Å². The number of halogens is 2. The summed E-state index contributed by atoms with van der Waals surface area (Å²) in [5, 5.41) is 0.672. The Morgan fingerprint density at radius 3 is 2.65 bits per heavy atom. The number of ketones is 1. The predicted molar refractivity (Wildman–Crippen MR) is 97.4 cm³/mol. The minimum absolute atomic E-state index is 0.0605. The average Bonchev–Trinajstić information content (AvgIpc) is 2.51. The number of Topliss-reactive ketones (excluding diaryl/α,β-unsaturated/α-hetero) is 1. The summed E-state index contributed by atoms with van der Waals surface area (Å²) in [6, 6.07) is 7.95. The lowest BCUT2D eigenvalue weighted by atomic mass is 9.78. The summed E-state index contributed by atoms with van der Waals surface area (Å²) >= 11 is 12.8. The number of fused-ring (bicyclic) bond motifs is 1. The number of hydrogen-bond acceptors (Lipinski definition) is 1. The summed E-state index contributed by atoms with van der Waals surface area (Å²) in [7, 11) is 0. The van der Waals surface area contributed by atoms with E-state index in [2.05, 4.69) is 19.1 Å². The standard InChI is InChI=1S/C20H22Cl2O/c1-13(9-11-18(21)20(22)14-5-4-6-14)15-10-12-19(23)17-8-3-2-7-16(15)17/h2-3,7-9,11,14-15,20H,4-6,10,12H2,1H3/b13-9+,18-11+. The summed E-state index contributed by atoms with van der Waals surface area (Å²) in [5.74, 6) is 1.08. The van der Waals surface area contributed by atoms with Crippen molar-refractivity contribution in [1.82, 2.24) is 0 Å². The highest BCUT2D eigenvalue weighted by atomic mass is 35.5. The smallest absolute Gasteiger partial charge is 0.163 e. The van der Waals surface area contributed by atoms with Crippen molar-refractivity contribution in [3.05, 3.63) is 58.1 Å². The monoisotopic (exact) mass is 348 g/mol. The maximum atomic E-state index is 12.1. The Labute approximate surface area is 148 Å². The normalized spacial score (nSPS) is 24.1. The second-order valence-corrected chi connectivity index (χ2v) is 7.56. The molecule has 1 aromatic carbocycles. The number of carbonyl (C=O) groups excluding carboxylic acids is 1. The molecule has 1 nitrogen and oxygen atoms in total. The van der Waals surface area contributed by atoms with Gasteiger partial charge in [0.05, 0.1) is 5.38 Å². The summed E-state index contributed by atoms with van der Waals surface area (Å²) in [5.41, 5.74) is 3.25. The zero-order valence-corrected chi connectivity index (χ0v) is 14.9. The Bertz CT molecular complexity index is 655. The molecule has 1 saturated carbocycles. The highest BCUT2D eigenvalue weighted by molar-refractivity contribution is 6.37. The van der Waals surface area contributed by atoms with E-state index in [1.807, 2.05) is 24.3 Å². The first-order chi connectivity index (χ1) is 11.1. The summed E-state index contributed by atoms with van der Waals surface area (Å²) in [6.07, 6.45) is 9.14. The molecule has 23 heavy (non-hydrogen) atoms. The van der Waals surface area contributed by atoms with Crippen molar-refractivity contribution in [1.29, 1.82) is 0 Å². The van der Waals surface area contributed by atoms with Gasteiger partial charge in [-0.2, -0.15) is 0 Å². The SMILES string of the molecule is C/C(=C\C=C(\Cl)C(Cl)C1CCC1)C1CCC(=O)c2ccccc21. The maximum Gasteiger partial charge on any atom is 0.163 e. The Kier molecular flexibility index (Phi) is 5.28. The van der Waals surface area contributed by atoms with E-state index in [0.29, 0.717) is 18.3 Å². The van der Waals surface area contributed by atoms with E-state index in [9.17, 15) is 4.79 Å². The van der Waals surface area contributed by atoms with Crippen LogP contribution in [0.3, 0.4) is 0 Å². The van der Waals surface area contributed by atoms with Crippen LogP contribution in [-0.2, 0) is 0 Å². The molecule has 1 fully saturated rings. The first kappa shape index (κ1) is 16.8. The van der Waals surface area contributed by atoms with Gasteiger partial charge in [-0.3, -0.25) is 4.79 Å². The van der Waals surface area contributed by atoms with Crippen molar-refractivity contribution < 1.29 is 4.79 Å². The highest BCUT2D eigenvalue weighted by Crippen LogP contribution is 2.38. The molecule has 0 radical (unpaired) electrons. The molecule has 2 atom stereocenters. The fraction of sp³-hybridized carbons (Fsp3) is 0.450. The molecule has 0 spiro atoms. The van der Waals surface area contributed by atoms with Gasteiger partial charge >= 0.3 is 0 Å². The third-order valence-electron chi connectivity index (χ3n) is 5.18. The molecule has 122 valence electrons. The molecular formula is C20H22Cl2O. The fourth-order valence-corrected chi connectivity index (χ4v) is 4.04. The Balaban J connectivity index is 1.78. The highest BCUT2D eigenvalue weighted by Gasteiger charge is 2.28. The van der Waals surface area contributed by atoms with Crippen LogP contribution >= 0.6 is 23.2 Å².